The van der Waals surface area contributed by atoms with Gasteiger partial charge in [0, 0.05) is 19.9 Å². The summed E-state index contributed by atoms with van der Waals surface area (Å²) in [5, 5.41) is 8.55. The molecule has 0 aromatic carbocycles. The van der Waals surface area contributed by atoms with Gasteiger partial charge in [-0.15, -0.1) is 0 Å². The maximum absolute atomic E-state index is 10.5. The van der Waals surface area contributed by atoms with Crippen molar-refractivity contribution in [1.82, 2.24) is 0 Å². The zero-order chi connectivity index (χ0) is 13.8. The van der Waals surface area contributed by atoms with Crippen molar-refractivity contribution in [2.24, 2.45) is 0 Å². The van der Waals surface area contributed by atoms with Gasteiger partial charge in [0.1, 0.15) is 0 Å². The fourth-order valence-corrected chi connectivity index (χ4v) is 0.723. The molecule has 0 fully saturated rings. The van der Waals surface area contributed by atoms with Gasteiger partial charge in [-0.2, -0.15) is 0 Å². The summed E-state index contributed by atoms with van der Waals surface area (Å²) in [7, 11) is -2.51. The predicted molar refractivity (Wildman–Crippen MR) is 47.6 cm³/mol. The van der Waals surface area contributed by atoms with E-state index >= 15 is 0 Å². The lowest BCUT2D eigenvalue weighted by Crippen LogP contribution is -2.20. The molecule has 11 heavy (non-hydrogen) atoms. The van der Waals surface area contributed by atoms with E-state index in [1.165, 1.54) is 0 Å². The fraction of sp³-hybridized carbons (Fsp3) is 0.833. The lowest BCUT2D eigenvalue weighted by atomic mass is 10.5. The first-order valence-electron chi connectivity index (χ1n) is 5.49. The van der Waals surface area contributed by atoms with E-state index in [4.69, 9.17) is 13.5 Å². The summed E-state index contributed by atoms with van der Waals surface area (Å²) in [6.45, 7) is 4.81. The highest BCUT2D eigenvalue weighted by Crippen LogP contribution is 2.10. The monoisotopic (exact) mass is 188 g/mol. The number of hydrogen-bond donors (Lipinski definition) is 1. The largest absolute Gasteiger partial charge is 0.481 e. The smallest absolute Gasteiger partial charge is 0.303 e. The quantitative estimate of drug-likeness (QED) is 0.637. The standard InChI is InChI=1S/C6H14O2Si.2H2O/c1-9(2,3)5-4-6(7)8;;/h4-5H2,1-3H3,(H,7,8);2*1H2/i4D2,5D2;;/hD2. The molecule has 0 saturated heterocycles. The molecule has 0 aliphatic rings. The summed E-state index contributed by atoms with van der Waals surface area (Å²) in [5.74, 6) is -4.01. The molecule has 0 aromatic rings. The third kappa shape index (κ3) is 17.7. The first-order chi connectivity index (χ1) is 6.86. The Hall–Kier alpha value is -0.393. The summed E-state index contributed by atoms with van der Waals surface area (Å²) in [6.07, 6.45) is -2.81. The van der Waals surface area contributed by atoms with Gasteiger partial charge in [-0.3, -0.25) is 4.79 Å². The van der Waals surface area contributed by atoms with Crippen molar-refractivity contribution >= 4 is 14.0 Å². The van der Waals surface area contributed by atoms with E-state index in [0.29, 0.717) is 0 Å². The molecular formula is C6H18O4Si. The molecule has 0 aliphatic heterocycles. The van der Waals surface area contributed by atoms with Crippen molar-refractivity contribution in [1.29, 1.82) is 2.86 Å². The minimum Gasteiger partial charge on any atom is -0.481 e. The van der Waals surface area contributed by atoms with E-state index in [1.54, 1.807) is 19.6 Å². The maximum Gasteiger partial charge on any atom is 0.303 e. The molecule has 0 rings (SSSR count). The number of carbonyl (C=O) groups is 1. The molecule has 0 spiro atoms. The van der Waals surface area contributed by atoms with Crippen molar-refractivity contribution in [3.63, 3.8) is 0 Å². The van der Waals surface area contributed by atoms with Gasteiger partial charge in [-0.05, 0) is 6.00 Å². The van der Waals surface area contributed by atoms with Gasteiger partial charge in [0.15, 0.2) is 0 Å². The average Bonchev–Trinajstić information content (AvgIpc) is 2.02. The molecule has 4 nitrogen and oxygen atoms in total. The zero-order valence-electron chi connectivity index (χ0n) is 12.8. The van der Waals surface area contributed by atoms with Gasteiger partial charge < -0.3 is 16.1 Å². The van der Waals surface area contributed by atoms with Crippen LogP contribution in [0.25, 0.3) is 0 Å². The molecule has 0 aromatic heterocycles. The highest BCUT2D eigenvalue weighted by Gasteiger charge is 2.13. The number of rotatable bonds is 3. The Morgan fingerprint density at radius 2 is 2.00 bits per heavy atom. The molecule has 0 atom stereocenters. The van der Waals surface area contributed by atoms with Crippen LogP contribution in [0.5, 0.6) is 0 Å². The molecule has 5 heteroatoms. The number of carboxylic acid groups (broad SMARTS) is 1. The Kier molecular flexibility index (Phi) is 3.04. The lowest BCUT2D eigenvalue weighted by molar-refractivity contribution is -0.136. The van der Waals surface area contributed by atoms with Gasteiger partial charge in [0.25, 0.3) is 0 Å². The molecule has 5 N–H and O–H groups in total. The van der Waals surface area contributed by atoms with E-state index in [-0.39, 0.29) is 5.48 Å². The second kappa shape index (κ2) is 6.33. The minimum atomic E-state index is -2.81. The Morgan fingerprint density at radius 1 is 1.64 bits per heavy atom. The second-order valence-electron chi connectivity index (χ2n) is 2.81. The summed E-state index contributed by atoms with van der Waals surface area (Å²) >= 11 is 0. The lowest BCUT2D eigenvalue weighted by Gasteiger charge is -2.12. The maximum atomic E-state index is 10.5. The molecule has 0 unspecified atom stereocenters. The van der Waals surface area contributed by atoms with Gasteiger partial charge in [0.2, 0.25) is 2.86 Å². The molecule has 0 radical (unpaired) electrons. The molecular weight excluding hydrogens is 164 g/mol. The molecule has 0 saturated carbocycles. The third-order valence-electron chi connectivity index (χ3n) is 0.544. The highest BCUT2D eigenvalue weighted by atomic mass is 28.3. The van der Waals surface area contributed by atoms with Crippen LogP contribution in [-0.2, 0) is 4.79 Å². The SMILES string of the molecule is O.[2H]C([2H])(C(=O)O)C([2H])([2H])[Si](C)(C)C.[2H]O[2H]. The van der Waals surface area contributed by atoms with Crippen molar-refractivity contribution in [2.45, 2.75) is 32.0 Å². The van der Waals surface area contributed by atoms with E-state index in [0.717, 1.165) is 0 Å². The van der Waals surface area contributed by atoms with Gasteiger partial charge in [0.05, 0.1) is 0 Å². The summed E-state index contributed by atoms with van der Waals surface area (Å²) in [6, 6.07) is 0. The Bertz CT molecular complexity index is 241. The van der Waals surface area contributed by atoms with E-state index < -0.39 is 26.4 Å². The first-order valence-corrected chi connectivity index (χ1v) is 6.18. The van der Waals surface area contributed by atoms with Crippen LogP contribution in [0, 0.1) is 0 Å². The fourth-order valence-electron chi connectivity index (χ4n) is 0.241. The van der Waals surface area contributed by atoms with Crippen LogP contribution >= 0.6 is 0 Å². The van der Waals surface area contributed by atoms with Crippen LogP contribution in [0.4, 0.5) is 0 Å². The van der Waals surface area contributed by atoms with Gasteiger partial charge >= 0.3 is 5.97 Å². The van der Waals surface area contributed by atoms with Crippen molar-refractivity contribution in [3.05, 3.63) is 0 Å². The van der Waals surface area contributed by atoms with E-state index in [2.05, 4.69) is 5.48 Å². The van der Waals surface area contributed by atoms with Crippen molar-refractivity contribution in [3.8, 4) is 0 Å². The predicted octanol–water partition coefficient (Wildman–Crippen LogP) is 0.150. The molecule has 0 amide bonds. The molecule has 70 valence electrons. The zero-order valence-corrected chi connectivity index (χ0v) is 7.76. The van der Waals surface area contributed by atoms with E-state index in [9.17, 15) is 4.79 Å². The first kappa shape index (κ1) is 5.29. The Labute approximate surface area is 76.5 Å². The summed E-state index contributed by atoms with van der Waals surface area (Å²) < 4.78 is 40.0. The van der Waals surface area contributed by atoms with Crippen LogP contribution < -0.4 is 0 Å². The molecule has 0 bridgehead atoms. The number of carboxylic acids is 1. The Morgan fingerprint density at radius 3 is 2.09 bits per heavy atom. The Balaban J connectivity index is -0.000000440. The summed E-state index contributed by atoms with van der Waals surface area (Å²) in [5.41, 5.74) is 2.75. The van der Waals surface area contributed by atoms with Crippen molar-refractivity contribution in [2.75, 3.05) is 0 Å². The minimum absolute atomic E-state index is 0. The summed E-state index contributed by atoms with van der Waals surface area (Å²) in [4.78, 5) is 10.5. The molecule has 0 aliphatic carbocycles. The van der Waals surface area contributed by atoms with Crippen LogP contribution in [0.1, 0.15) is 11.9 Å². The van der Waals surface area contributed by atoms with Crippen LogP contribution in [0.15, 0.2) is 0 Å². The van der Waals surface area contributed by atoms with Gasteiger partial charge in [-0.1, -0.05) is 19.6 Å². The van der Waals surface area contributed by atoms with Crippen molar-refractivity contribution < 1.29 is 26.3 Å². The second-order valence-corrected chi connectivity index (χ2v) is 7.56. The number of aliphatic carboxylic acids is 1. The van der Waals surface area contributed by atoms with Crippen LogP contribution in [0.3, 0.4) is 0 Å². The van der Waals surface area contributed by atoms with Crippen LogP contribution in [-0.4, -0.2) is 33.0 Å². The molecule has 0 heterocycles. The van der Waals surface area contributed by atoms with Crippen LogP contribution in [0.2, 0.25) is 25.6 Å². The third-order valence-corrected chi connectivity index (χ3v) is 1.42. The topological polar surface area (TPSA) is 100 Å². The van der Waals surface area contributed by atoms with Gasteiger partial charge in [-0.25, -0.2) is 0 Å². The average molecular weight is 188 g/mol. The highest BCUT2D eigenvalue weighted by molar-refractivity contribution is 6.76. The number of hydrogen-bond acceptors (Lipinski definition) is 1. The normalized spacial score (nSPS) is 19.2. The van der Waals surface area contributed by atoms with E-state index in [1.807, 2.05) is 0 Å².